The van der Waals surface area contributed by atoms with E-state index in [9.17, 15) is 32.7 Å². The Hall–Kier alpha value is -2.93. The Morgan fingerprint density at radius 2 is 1.87 bits per heavy atom. The molecule has 2 aliphatic carbocycles. The summed E-state index contributed by atoms with van der Waals surface area (Å²) in [5.41, 5.74) is -2.24. The molecule has 1 saturated heterocycles. The van der Waals surface area contributed by atoms with E-state index in [1.165, 1.54) is 24.8 Å². The van der Waals surface area contributed by atoms with Crippen molar-refractivity contribution in [3.63, 3.8) is 0 Å². The maximum atomic E-state index is 13.5. The van der Waals surface area contributed by atoms with Gasteiger partial charge in [0.25, 0.3) is 5.91 Å². The Balaban J connectivity index is 1.78. The smallest absolute Gasteiger partial charge is 0.408 e. The molecule has 2 saturated carbocycles. The number of aliphatic hydroxyl groups excluding tert-OH is 1. The Morgan fingerprint density at radius 1 is 1.26 bits per heavy atom. The van der Waals surface area contributed by atoms with Crippen molar-refractivity contribution in [2.45, 2.75) is 81.9 Å². The van der Waals surface area contributed by atoms with Crippen molar-refractivity contribution >= 4 is 33.8 Å². The van der Waals surface area contributed by atoms with Gasteiger partial charge in [-0.3, -0.25) is 19.1 Å². The monoisotopic (exact) mass is 554 g/mol. The zero-order valence-electron chi connectivity index (χ0n) is 22.5. The van der Waals surface area contributed by atoms with Gasteiger partial charge in [-0.1, -0.05) is 12.7 Å². The zero-order valence-corrected chi connectivity index (χ0v) is 23.3. The van der Waals surface area contributed by atoms with E-state index < -0.39 is 73.6 Å². The number of carbonyl (C=O) groups is 4. The van der Waals surface area contributed by atoms with Crippen LogP contribution in [0.4, 0.5) is 4.79 Å². The first kappa shape index (κ1) is 29.6. The number of aliphatic hydroxyl groups is 1. The number of rotatable bonds is 9. The van der Waals surface area contributed by atoms with E-state index in [0.29, 0.717) is 12.8 Å². The summed E-state index contributed by atoms with van der Waals surface area (Å²) < 4.78 is 31.6. The highest BCUT2D eigenvalue weighted by atomic mass is 32.2. The van der Waals surface area contributed by atoms with Crippen LogP contribution in [0.25, 0.3) is 0 Å². The number of likely N-dealkylation sites (tertiary alicyclic amines) is 1. The zero-order chi connectivity index (χ0) is 28.8. The summed E-state index contributed by atoms with van der Waals surface area (Å²) in [5.74, 6) is -3.36. The lowest BCUT2D eigenvalue weighted by Crippen LogP contribution is -2.58. The highest BCUT2D eigenvalue weighted by Crippen LogP contribution is 2.51. The third kappa shape index (κ3) is 5.58. The summed E-state index contributed by atoms with van der Waals surface area (Å²) in [6.45, 7) is 15.3. The fourth-order valence-corrected chi connectivity index (χ4v) is 5.92. The van der Waals surface area contributed by atoms with Crippen molar-refractivity contribution in [2.75, 3.05) is 13.2 Å². The van der Waals surface area contributed by atoms with Crippen LogP contribution in [0.1, 0.15) is 53.9 Å². The van der Waals surface area contributed by atoms with Crippen LogP contribution < -0.4 is 15.4 Å². The summed E-state index contributed by atoms with van der Waals surface area (Å²) in [6.07, 6.45) is 1.53. The third-order valence-corrected chi connectivity index (χ3v) is 9.50. The topological polar surface area (TPSA) is 171 Å². The SMILES string of the molecule is C=C[C@@H]1C(=C)[C@]1(NC(=O)[C@@H]1C[C@H](CO)CN1C(=O)[C@H](C)NC(=O)OC(C)(C)C)C(=O)NS(=O)(=O)C1(C)CC1. The molecule has 3 rings (SSSR count). The predicted molar refractivity (Wildman–Crippen MR) is 138 cm³/mol. The van der Waals surface area contributed by atoms with Crippen LogP contribution in [0.5, 0.6) is 0 Å². The Kier molecular flexibility index (Phi) is 7.79. The standard InChI is InChI=1S/C25H38N4O8S/c1-8-17-14(2)25(17,21(33)28-38(35,36)24(7)9-10-24)27-19(31)18-11-16(13-30)12-29(18)20(32)15(3)26-22(34)37-23(4,5)6/h8,15-18,30H,1-2,9-13H2,3-7H3,(H,26,34)(H,27,31)(H,28,33)/t15-,16-,17+,18-,25+/m0/s1. The number of nitrogens with zero attached hydrogens (tertiary/aromatic N) is 1. The molecule has 0 unspecified atom stereocenters. The maximum absolute atomic E-state index is 13.5. The van der Waals surface area contributed by atoms with E-state index in [1.54, 1.807) is 20.8 Å². The van der Waals surface area contributed by atoms with Crippen molar-refractivity contribution in [2.24, 2.45) is 11.8 Å². The average molecular weight is 555 g/mol. The largest absolute Gasteiger partial charge is 0.444 e. The van der Waals surface area contributed by atoms with Gasteiger partial charge in [0, 0.05) is 25.0 Å². The van der Waals surface area contributed by atoms with E-state index in [1.807, 2.05) is 0 Å². The van der Waals surface area contributed by atoms with Gasteiger partial charge in [-0.15, -0.1) is 6.58 Å². The quantitative estimate of drug-likeness (QED) is 0.295. The van der Waals surface area contributed by atoms with Gasteiger partial charge in [0.2, 0.25) is 21.8 Å². The van der Waals surface area contributed by atoms with Crippen molar-refractivity contribution in [1.82, 2.24) is 20.3 Å². The van der Waals surface area contributed by atoms with Crippen LogP contribution in [0.3, 0.4) is 0 Å². The van der Waals surface area contributed by atoms with E-state index in [4.69, 9.17) is 4.74 Å². The van der Waals surface area contributed by atoms with Crippen LogP contribution in [0.2, 0.25) is 0 Å². The number of sulfonamides is 1. The van der Waals surface area contributed by atoms with Gasteiger partial charge in [-0.25, -0.2) is 13.2 Å². The molecule has 1 heterocycles. The van der Waals surface area contributed by atoms with Crippen molar-refractivity contribution in [1.29, 1.82) is 0 Å². The number of ether oxygens (including phenoxy) is 1. The number of amides is 4. The molecule has 0 bridgehead atoms. The second-order valence-electron chi connectivity index (χ2n) is 11.6. The van der Waals surface area contributed by atoms with Crippen LogP contribution >= 0.6 is 0 Å². The fraction of sp³-hybridized carbons (Fsp3) is 0.680. The molecule has 13 heteroatoms. The molecule has 4 amide bonds. The van der Waals surface area contributed by atoms with Crippen LogP contribution in [0.15, 0.2) is 24.8 Å². The minimum absolute atomic E-state index is 0.0471. The molecule has 38 heavy (non-hydrogen) atoms. The molecule has 3 fully saturated rings. The predicted octanol–water partition coefficient (Wildman–Crippen LogP) is 0.335. The minimum atomic E-state index is -3.99. The summed E-state index contributed by atoms with van der Waals surface area (Å²) >= 11 is 0. The van der Waals surface area contributed by atoms with Gasteiger partial charge in [0.05, 0.1) is 4.75 Å². The number of hydrogen-bond donors (Lipinski definition) is 4. The molecule has 0 radical (unpaired) electrons. The van der Waals surface area contributed by atoms with Gasteiger partial charge < -0.3 is 25.4 Å². The number of carbonyl (C=O) groups excluding carboxylic acids is 4. The van der Waals surface area contributed by atoms with Crippen LogP contribution in [-0.2, 0) is 29.1 Å². The molecule has 0 aromatic heterocycles. The minimum Gasteiger partial charge on any atom is -0.444 e. The average Bonchev–Trinajstić information content (AvgIpc) is 3.61. The summed E-state index contributed by atoms with van der Waals surface area (Å²) in [5, 5.41) is 14.8. The Labute approximate surface area is 223 Å². The van der Waals surface area contributed by atoms with Crippen molar-refractivity contribution in [3.8, 4) is 0 Å². The second kappa shape index (κ2) is 9.99. The maximum Gasteiger partial charge on any atom is 0.408 e. The molecular formula is C25H38N4O8S. The lowest BCUT2D eigenvalue weighted by molar-refractivity contribution is -0.140. The molecule has 4 N–H and O–H groups in total. The molecule has 0 spiro atoms. The fourth-order valence-electron chi connectivity index (χ4n) is 4.63. The first-order chi connectivity index (χ1) is 17.4. The summed E-state index contributed by atoms with van der Waals surface area (Å²) in [6, 6.07) is -2.13. The molecule has 1 aliphatic heterocycles. The molecule has 12 nitrogen and oxygen atoms in total. The molecule has 212 valence electrons. The number of alkyl carbamates (subject to hydrolysis) is 1. The third-order valence-electron chi connectivity index (χ3n) is 7.34. The normalized spacial score (nSPS) is 28.6. The summed E-state index contributed by atoms with van der Waals surface area (Å²) in [7, 11) is -3.99. The molecule has 3 aliphatic rings. The van der Waals surface area contributed by atoms with Gasteiger partial charge in [0.1, 0.15) is 17.7 Å². The van der Waals surface area contributed by atoms with E-state index >= 15 is 0 Å². The molecule has 0 aromatic carbocycles. The van der Waals surface area contributed by atoms with E-state index in [2.05, 4.69) is 28.5 Å². The van der Waals surface area contributed by atoms with Gasteiger partial charge in [-0.05, 0) is 59.5 Å². The van der Waals surface area contributed by atoms with E-state index in [-0.39, 0.29) is 25.1 Å². The number of nitrogens with one attached hydrogen (secondary N) is 3. The highest BCUT2D eigenvalue weighted by Gasteiger charge is 2.66. The first-order valence-corrected chi connectivity index (χ1v) is 14.0. The molecular weight excluding hydrogens is 516 g/mol. The van der Waals surface area contributed by atoms with Gasteiger partial charge >= 0.3 is 6.09 Å². The Bertz CT molecular complexity index is 1160. The lowest BCUT2D eigenvalue weighted by Gasteiger charge is -2.29. The summed E-state index contributed by atoms with van der Waals surface area (Å²) in [4.78, 5) is 53.3. The second-order valence-corrected chi connectivity index (χ2v) is 13.8. The van der Waals surface area contributed by atoms with Gasteiger partial charge in [0.15, 0.2) is 5.54 Å². The number of hydrogen-bond acceptors (Lipinski definition) is 8. The first-order valence-electron chi connectivity index (χ1n) is 12.5. The van der Waals surface area contributed by atoms with Crippen LogP contribution in [-0.4, -0.2) is 83.4 Å². The van der Waals surface area contributed by atoms with Gasteiger partial charge in [-0.2, -0.15) is 0 Å². The molecule has 0 aromatic rings. The van der Waals surface area contributed by atoms with E-state index in [0.717, 1.165) is 0 Å². The van der Waals surface area contributed by atoms with Crippen molar-refractivity contribution in [3.05, 3.63) is 24.8 Å². The van der Waals surface area contributed by atoms with Crippen molar-refractivity contribution < 1.29 is 37.4 Å². The Morgan fingerprint density at radius 3 is 2.34 bits per heavy atom. The highest BCUT2D eigenvalue weighted by molar-refractivity contribution is 7.91. The molecule has 5 atom stereocenters. The van der Waals surface area contributed by atoms with Crippen LogP contribution in [0, 0.1) is 11.8 Å². The lowest BCUT2D eigenvalue weighted by atomic mass is 10.1.